The summed E-state index contributed by atoms with van der Waals surface area (Å²) in [6.45, 7) is 2.03. The number of hydrogen-bond donors (Lipinski definition) is 1. The summed E-state index contributed by atoms with van der Waals surface area (Å²) in [5.41, 5.74) is 1.86. The first kappa shape index (κ1) is 17.6. The zero-order valence-electron chi connectivity index (χ0n) is 15.4. The van der Waals surface area contributed by atoms with E-state index in [0.29, 0.717) is 19.0 Å². The van der Waals surface area contributed by atoms with Crippen molar-refractivity contribution in [1.29, 1.82) is 0 Å². The number of nitrogens with one attached hydrogen (secondary N) is 1. The molecule has 2 amide bonds. The van der Waals surface area contributed by atoms with Gasteiger partial charge in [-0.3, -0.25) is 4.98 Å². The summed E-state index contributed by atoms with van der Waals surface area (Å²) in [6.07, 6.45) is 8.71. The summed E-state index contributed by atoms with van der Waals surface area (Å²) in [6, 6.07) is 9.58. The number of nitrogens with zero attached hydrogens (tertiary/aromatic N) is 2. The van der Waals surface area contributed by atoms with Crippen molar-refractivity contribution in [2.75, 3.05) is 25.1 Å². The maximum absolute atomic E-state index is 13.1. The Hall–Kier alpha value is -2.76. The topological polar surface area (TPSA) is 63.7 Å². The monoisotopic (exact) mass is 367 g/mol. The maximum Gasteiger partial charge on any atom is 0.322 e. The van der Waals surface area contributed by atoms with Gasteiger partial charge in [0.2, 0.25) is 0 Å². The van der Waals surface area contributed by atoms with Gasteiger partial charge in [-0.25, -0.2) is 4.79 Å². The van der Waals surface area contributed by atoms with E-state index in [9.17, 15) is 4.79 Å². The van der Waals surface area contributed by atoms with Gasteiger partial charge in [0.25, 0.3) is 0 Å². The van der Waals surface area contributed by atoms with Gasteiger partial charge in [0.1, 0.15) is 0 Å². The van der Waals surface area contributed by atoms with Crippen LogP contribution in [-0.2, 0) is 0 Å². The minimum Gasteiger partial charge on any atom is -0.490 e. The largest absolute Gasteiger partial charge is 0.490 e. The number of pyridine rings is 1. The van der Waals surface area contributed by atoms with Crippen LogP contribution in [0, 0.1) is 0 Å². The highest BCUT2D eigenvalue weighted by molar-refractivity contribution is 5.90. The molecule has 6 nitrogen and oxygen atoms in total. The van der Waals surface area contributed by atoms with E-state index in [1.165, 1.54) is 0 Å². The molecule has 1 N–H and O–H groups in total. The first-order chi connectivity index (χ1) is 13.3. The lowest BCUT2D eigenvalue weighted by atomic mass is 10.0. The Labute approximate surface area is 159 Å². The Kier molecular flexibility index (Phi) is 5.42. The molecular weight excluding hydrogens is 342 g/mol. The highest BCUT2D eigenvalue weighted by Gasteiger charge is 2.27. The molecule has 0 saturated carbocycles. The fourth-order valence-electron chi connectivity index (χ4n) is 3.72. The fraction of sp³-hybridized carbons (Fsp3) is 0.429. The van der Waals surface area contributed by atoms with Crippen LogP contribution in [0.4, 0.5) is 10.5 Å². The van der Waals surface area contributed by atoms with Crippen molar-refractivity contribution in [3.63, 3.8) is 0 Å². The van der Waals surface area contributed by atoms with Gasteiger partial charge >= 0.3 is 6.03 Å². The molecule has 1 fully saturated rings. The van der Waals surface area contributed by atoms with Crippen molar-refractivity contribution in [2.45, 2.75) is 38.1 Å². The Morgan fingerprint density at radius 2 is 1.81 bits per heavy atom. The van der Waals surface area contributed by atoms with Crippen molar-refractivity contribution in [1.82, 2.24) is 9.88 Å². The molecule has 1 aromatic heterocycles. The summed E-state index contributed by atoms with van der Waals surface area (Å²) in [7, 11) is 0. The number of benzene rings is 1. The summed E-state index contributed by atoms with van der Waals surface area (Å²) < 4.78 is 11.4. The first-order valence-corrected chi connectivity index (χ1v) is 9.68. The first-order valence-electron chi connectivity index (χ1n) is 9.68. The quantitative estimate of drug-likeness (QED) is 0.855. The van der Waals surface area contributed by atoms with E-state index >= 15 is 0 Å². The molecule has 0 aliphatic carbocycles. The molecule has 0 spiro atoms. The normalized spacial score (nSPS) is 19.7. The lowest BCUT2D eigenvalue weighted by molar-refractivity contribution is 0.189. The molecule has 1 aromatic carbocycles. The SMILES string of the molecule is O=C(Nc1ccc2c(c1)OCCCO2)N1CCCCCC1c1ccncc1. The molecule has 2 aromatic rings. The van der Waals surface area contributed by atoms with E-state index in [1.807, 2.05) is 35.2 Å². The van der Waals surface area contributed by atoms with Gasteiger partial charge in [0.05, 0.1) is 19.3 Å². The molecule has 6 heteroatoms. The highest BCUT2D eigenvalue weighted by atomic mass is 16.5. The number of anilines is 1. The zero-order chi connectivity index (χ0) is 18.5. The van der Waals surface area contributed by atoms with Crippen LogP contribution in [-0.4, -0.2) is 35.7 Å². The van der Waals surface area contributed by atoms with Crippen LogP contribution in [0.15, 0.2) is 42.7 Å². The third-order valence-corrected chi connectivity index (χ3v) is 5.10. The van der Waals surface area contributed by atoms with Gasteiger partial charge in [0.15, 0.2) is 11.5 Å². The minimum absolute atomic E-state index is 0.0757. The van der Waals surface area contributed by atoms with Gasteiger partial charge in [-0.1, -0.05) is 12.8 Å². The summed E-state index contributed by atoms with van der Waals surface area (Å²) >= 11 is 0. The highest BCUT2D eigenvalue weighted by Crippen LogP contribution is 2.34. The molecular formula is C21H25N3O3. The number of hydrogen-bond acceptors (Lipinski definition) is 4. The van der Waals surface area contributed by atoms with Gasteiger partial charge in [0, 0.05) is 37.1 Å². The standard InChI is InChI=1S/C21H25N3O3/c25-21(23-17-6-7-19-20(15-17)27-14-4-13-26-19)24-12-3-1-2-5-18(24)16-8-10-22-11-9-16/h6-11,15,18H,1-5,12-14H2,(H,23,25). The van der Waals surface area contributed by atoms with Gasteiger partial charge in [-0.2, -0.15) is 0 Å². The smallest absolute Gasteiger partial charge is 0.322 e. The average molecular weight is 367 g/mol. The Morgan fingerprint density at radius 3 is 2.67 bits per heavy atom. The molecule has 0 bridgehead atoms. The van der Waals surface area contributed by atoms with E-state index < -0.39 is 0 Å². The molecule has 27 heavy (non-hydrogen) atoms. The van der Waals surface area contributed by atoms with Crippen LogP contribution < -0.4 is 14.8 Å². The number of fused-ring (bicyclic) bond motifs is 1. The number of likely N-dealkylation sites (tertiary alicyclic amines) is 1. The van der Waals surface area contributed by atoms with Crippen molar-refractivity contribution >= 4 is 11.7 Å². The molecule has 1 atom stereocenters. The van der Waals surface area contributed by atoms with Crippen LogP contribution in [0.25, 0.3) is 0 Å². The van der Waals surface area contributed by atoms with E-state index in [-0.39, 0.29) is 12.1 Å². The third-order valence-electron chi connectivity index (χ3n) is 5.10. The number of carbonyl (C=O) groups excluding carboxylic acids is 1. The average Bonchev–Trinajstić information content (AvgIpc) is 3.09. The second-order valence-corrected chi connectivity index (χ2v) is 6.98. The lowest BCUT2D eigenvalue weighted by Crippen LogP contribution is -2.38. The molecule has 3 heterocycles. The predicted octanol–water partition coefficient (Wildman–Crippen LogP) is 4.39. The van der Waals surface area contributed by atoms with Gasteiger partial charge in [-0.15, -0.1) is 0 Å². The number of aromatic nitrogens is 1. The lowest BCUT2D eigenvalue weighted by Gasteiger charge is -2.30. The number of ether oxygens (including phenoxy) is 2. The molecule has 1 unspecified atom stereocenters. The van der Waals surface area contributed by atoms with Crippen LogP contribution in [0.1, 0.15) is 43.7 Å². The van der Waals surface area contributed by atoms with Crippen LogP contribution in [0.3, 0.4) is 0 Å². The van der Waals surface area contributed by atoms with E-state index in [1.54, 1.807) is 12.4 Å². The molecule has 142 valence electrons. The van der Waals surface area contributed by atoms with E-state index in [4.69, 9.17) is 9.47 Å². The number of urea groups is 1. The molecule has 2 aliphatic heterocycles. The predicted molar refractivity (Wildman–Crippen MR) is 103 cm³/mol. The molecule has 4 rings (SSSR count). The van der Waals surface area contributed by atoms with Crippen LogP contribution in [0.2, 0.25) is 0 Å². The molecule has 1 saturated heterocycles. The Balaban J connectivity index is 1.52. The maximum atomic E-state index is 13.1. The number of carbonyl (C=O) groups is 1. The summed E-state index contributed by atoms with van der Waals surface area (Å²) in [5, 5.41) is 3.05. The second-order valence-electron chi connectivity index (χ2n) is 6.98. The van der Waals surface area contributed by atoms with Crippen LogP contribution >= 0.6 is 0 Å². The van der Waals surface area contributed by atoms with Gasteiger partial charge in [-0.05, 0) is 42.7 Å². The van der Waals surface area contributed by atoms with Crippen LogP contribution in [0.5, 0.6) is 11.5 Å². The minimum atomic E-state index is -0.0757. The summed E-state index contributed by atoms with van der Waals surface area (Å²) in [4.78, 5) is 19.1. The molecule has 2 aliphatic rings. The van der Waals surface area contributed by atoms with Crippen molar-refractivity contribution in [2.24, 2.45) is 0 Å². The van der Waals surface area contributed by atoms with Crippen molar-refractivity contribution < 1.29 is 14.3 Å². The fourth-order valence-corrected chi connectivity index (χ4v) is 3.72. The number of rotatable bonds is 2. The third kappa shape index (κ3) is 4.15. The summed E-state index contributed by atoms with van der Waals surface area (Å²) in [5.74, 6) is 1.42. The Morgan fingerprint density at radius 1 is 1.00 bits per heavy atom. The van der Waals surface area contributed by atoms with E-state index in [2.05, 4.69) is 10.3 Å². The van der Waals surface area contributed by atoms with E-state index in [0.717, 1.165) is 55.6 Å². The number of amides is 2. The second kappa shape index (κ2) is 8.29. The molecule has 0 radical (unpaired) electrons. The zero-order valence-corrected chi connectivity index (χ0v) is 15.4. The van der Waals surface area contributed by atoms with Gasteiger partial charge < -0.3 is 19.7 Å². The van der Waals surface area contributed by atoms with Crippen molar-refractivity contribution in [3.05, 3.63) is 48.3 Å². The Bertz CT molecular complexity index is 781. The van der Waals surface area contributed by atoms with Crippen molar-refractivity contribution in [3.8, 4) is 11.5 Å².